The second-order valence-electron chi connectivity index (χ2n) is 4.51. The van der Waals surface area contributed by atoms with Crippen LogP contribution in [0.2, 0.25) is 0 Å². The van der Waals surface area contributed by atoms with Crippen LogP contribution < -0.4 is 5.32 Å². The molecule has 4 nitrogen and oxygen atoms in total. The molecule has 1 atom stereocenters. The molecule has 2 aromatic rings. The largest absolute Gasteiger partial charge is 0.339 e. The number of aromatic nitrogens is 2. The monoisotopic (exact) mass is 265 g/mol. The number of hydrogen-bond acceptors (Lipinski definition) is 4. The highest BCUT2D eigenvalue weighted by Crippen LogP contribution is 2.23. The van der Waals surface area contributed by atoms with E-state index < -0.39 is 0 Å². The summed E-state index contributed by atoms with van der Waals surface area (Å²) >= 11 is 0. The van der Waals surface area contributed by atoms with Crippen molar-refractivity contribution in [2.45, 2.75) is 19.3 Å². The maximum atomic E-state index is 5.33. The lowest BCUT2D eigenvalue weighted by Crippen LogP contribution is -2.08. The zero-order chi connectivity index (χ0) is 11.7. The van der Waals surface area contributed by atoms with E-state index in [-0.39, 0.29) is 12.4 Å². The minimum absolute atomic E-state index is 0. The van der Waals surface area contributed by atoms with E-state index in [4.69, 9.17) is 4.52 Å². The van der Waals surface area contributed by atoms with Crippen LogP contribution in [0.25, 0.3) is 11.4 Å². The summed E-state index contributed by atoms with van der Waals surface area (Å²) in [4.78, 5) is 4.47. The van der Waals surface area contributed by atoms with Crippen LogP contribution >= 0.6 is 12.4 Å². The second-order valence-corrected chi connectivity index (χ2v) is 4.51. The SMILES string of the molecule is Cc1ccc(-c2noc([C@@H]3CCNC3)n2)cc1.Cl. The van der Waals surface area contributed by atoms with Gasteiger partial charge in [0.05, 0.1) is 5.92 Å². The van der Waals surface area contributed by atoms with Crippen LogP contribution in [-0.4, -0.2) is 23.2 Å². The lowest BCUT2D eigenvalue weighted by Gasteiger charge is -1.98. The number of benzene rings is 1. The maximum Gasteiger partial charge on any atom is 0.231 e. The van der Waals surface area contributed by atoms with E-state index in [2.05, 4.69) is 34.5 Å². The molecule has 0 spiro atoms. The minimum atomic E-state index is 0. The highest BCUT2D eigenvalue weighted by atomic mass is 35.5. The minimum Gasteiger partial charge on any atom is -0.339 e. The number of aryl methyl sites for hydroxylation is 1. The molecule has 96 valence electrons. The summed E-state index contributed by atoms with van der Waals surface area (Å²) in [6.07, 6.45) is 1.08. The quantitative estimate of drug-likeness (QED) is 0.907. The first-order chi connectivity index (χ1) is 8.33. The predicted octanol–water partition coefficient (Wildman–Crippen LogP) is 2.54. The summed E-state index contributed by atoms with van der Waals surface area (Å²) < 4.78 is 5.33. The average Bonchev–Trinajstić information content (AvgIpc) is 3.00. The van der Waals surface area contributed by atoms with Gasteiger partial charge in [0.1, 0.15) is 0 Å². The predicted molar refractivity (Wildman–Crippen MR) is 71.9 cm³/mol. The van der Waals surface area contributed by atoms with E-state index >= 15 is 0 Å². The summed E-state index contributed by atoms with van der Waals surface area (Å²) in [5.41, 5.74) is 2.24. The Morgan fingerprint density at radius 2 is 2.06 bits per heavy atom. The fourth-order valence-electron chi connectivity index (χ4n) is 2.09. The third kappa shape index (κ3) is 2.54. The number of rotatable bonds is 2. The van der Waals surface area contributed by atoms with Gasteiger partial charge in [-0.25, -0.2) is 0 Å². The first-order valence-corrected chi connectivity index (χ1v) is 5.94. The van der Waals surface area contributed by atoms with Gasteiger partial charge in [0, 0.05) is 12.1 Å². The van der Waals surface area contributed by atoms with E-state index in [1.807, 2.05) is 12.1 Å². The molecule has 1 aromatic heterocycles. The molecule has 5 heteroatoms. The molecule has 0 aliphatic carbocycles. The molecule has 0 unspecified atom stereocenters. The van der Waals surface area contributed by atoms with Crippen LogP contribution in [-0.2, 0) is 0 Å². The summed E-state index contributed by atoms with van der Waals surface area (Å²) in [5, 5.41) is 7.35. The van der Waals surface area contributed by atoms with Gasteiger partial charge in [-0.15, -0.1) is 12.4 Å². The van der Waals surface area contributed by atoms with Crippen LogP contribution in [0.15, 0.2) is 28.8 Å². The Labute approximate surface area is 112 Å². The van der Waals surface area contributed by atoms with E-state index in [0.717, 1.165) is 31.0 Å². The van der Waals surface area contributed by atoms with Gasteiger partial charge in [-0.3, -0.25) is 0 Å². The Morgan fingerprint density at radius 3 is 2.72 bits per heavy atom. The van der Waals surface area contributed by atoms with Crippen molar-refractivity contribution in [3.05, 3.63) is 35.7 Å². The molecule has 1 aliphatic heterocycles. The van der Waals surface area contributed by atoms with Crippen LogP contribution in [0, 0.1) is 6.92 Å². The third-order valence-corrected chi connectivity index (χ3v) is 3.16. The van der Waals surface area contributed by atoms with E-state index in [9.17, 15) is 0 Å². The van der Waals surface area contributed by atoms with Crippen molar-refractivity contribution in [3.63, 3.8) is 0 Å². The third-order valence-electron chi connectivity index (χ3n) is 3.16. The lowest BCUT2D eigenvalue weighted by atomic mass is 10.1. The molecule has 0 bridgehead atoms. The Bertz CT molecular complexity index is 503. The fraction of sp³-hybridized carbons (Fsp3) is 0.385. The highest BCUT2D eigenvalue weighted by Gasteiger charge is 2.22. The maximum absolute atomic E-state index is 5.33. The van der Waals surface area contributed by atoms with Gasteiger partial charge in [-0.05, 0) is 19.9 Å². The van der Waals surface area contributed by atoms with Crippen molar-refractivity contribution >= 4 is 12.4 Å². The smallest absolute Gasteiger partial charge is 0.231 e. The Hall–Kier alpha value is -1.39. The van der Waals surface area contributed by atoms with Crippen LogP contribution in [0.4, 0.5) is 0 Å². The molecule has 1 aliphatic rings. The molecule has 2 heterocycles. The zero-order valence-electron chi connectivity index (χ0n) is 10.2. The molecule has 0 radical (unpaired) electrons. The van der Waals surface area contributed by atoms with Crippen molar-refractivity contribution in [3.8, 4) is 11.4 Å². The zero-order valence-corrected chi connectivity index (χ0v) is 11.0. The molecule has 18 heavy (non-hydrogen) atoms. The highest BCUT2D eigenvalue weighted by molar-refractivity contribution is 5.85. The van der Waals surface area contributed by atoms with Gasteiger partial charge in [-0.1, -0.05) is 35.0 Å². The topological polar surface area (TPSA) is 51.0 Å². The first-order valence-electron chi connectivity index (χ1n) is 5.94. The number of halogens is 1. The number of hydrogen-bond donors (Lipinski definition) is 1. The Balaban J connectivity index is 0.00000120. The van der Waals surface area contributed by atoms with Crippen molar-refractivity contribution in [1.82, 2.24) is 15.5 Å². The first kappa shape index (κ1) is 13.1. The summed E-state index contributed by atoms with van der Waals surface area (Å²) in [6, 6.07) is 8.17. The molecular weight excluding hydrogens is 250 g/mol. The van der Waals surface area contributed by atoms with Crippen molar-refractivity contribution < 1.29 is 4.52 Å². The summed E-state index contributed by atoms with van der Waals surface area (Å²) in [7, 11) is 0. The van der Waals surface area contributed by atoms with E-state index in [0.29, 0.717) is 11.7 Å². The lowest BCUT2D eigenvalue weighted by molar-refractivity contribution is 0.359. The summed E-state index contributed by atoms with van der Waals surface area (Å²) in [6.45, 7) is 4.04. The van der Waals surface area contributed by atoms with Gasteiger partial charge < -0.3 is 9.84 Å². The van der Waals surface area contributed by atoms with E-state index in [1.165, 1.54) is 5.56 Å². The van der Waals surface area contributed by atoms with Crippen LogP contribution in [0.1, 0.15) is 23.8 Å². The van der Waals surface area contributed by atoms with Gasteiger partial charge in [0.2, 0.25) is 11.7 Å². The number of nitrogens with one attached hydrogen (secondary N) is 1. The normalized spacial score (nSPS) is 18.6. The molecule has 1 aromatic carbocycles. The molecule has 0 saturated carbocycles. The van der Waals surface area contributed by atoms with Gasteiger partial charge >= 0.3 is 0 Å². The number of nitrogens with zero attached hydrogens (tertiary/aromatic N) is 2. The fourth-order valence-corrected chi connectivity index (χ4v) is 2.09. The van der Waals surface area contributed by atoms with E-state index in [1.54, 1.807) is 0 Å². The van der Waals surface area contributed by atoms with Crippen molar-refractivity contribution in [2.24, 2.45) is 0 Å². The van der Waals surface area contributed by atoms with Gasteiger partial charge in [0.15, 0.2) is 0 Å². The molecule has 1 saturated heterocycles. The van der Waals surface area contributed by atoms with Crippen molar-refractivity contribution in [1.29, 1.82) is 0 Å². The Kier molecular flexibility index (Phi) is 3.99. The van der Waals surface area contributed by atoms with Gasteiger partial charge in [-0.2, -0.15) is 4.98 Å². The van der Waals surface area contributed by atoms with Crippen molar-refractivity contribution in [2.75, 3.05) is 13.1 Å². The van der Waals surface area contributed by atoms with Crippen LogP contribution in [0.3, 0.4) is 0 Å². The molecule has 1 fully saturated rings. The molecule has 1 N–H and O–H groups in total. The molecular formula is C13H16ClN3O. The Morgan fingerprint density at radius 1 is 1.28 bits per heavy atom. The second kappa shape index (κ2) is 5.50. The summed E-state index contributed by atoms with van der Waals surface area (Å²) in [5.74, 6) is 1.82. The van der Waals surface area contributed by atoms with Crippen LogP contribution in [0.5, 0.6) is 0 Å². The molecule has 3 rings (SSSR count). The van der Waals surface area contributed by atoms with Gasteiger partial charge in [0.25, 0.3) is 0 Å². The average molecular weight is 266 g/mol. The molecule has 0 amide bonds. The standard InChI is InChI=1S/C13H15N3O.ClH/c1-9-2-4-10(5-3-9)12-15-13(17-16-12)11-6-7-14-8-11;/h2-5,11,14H,6-8H2,1H3;1H/t11-;/m1./s1.